The van der Waals surface area contributed by atoms with Gasteiger partial charge in [-0.1, -0.05) is 31.2 Å². The van der Waals surface area contributed by atoms with E-state index in [1.807, 2.05) is 20.8 Å². The summed E-state index contributed by atoms with van der Waals surface area (Å²) >= 11 is 2.66. The standard InChI is InChI=1S/C20H24N4O4S3/c1-4-5-9-24-19(26)17-12(2)13(3)30-18(17)23-20(24)29-11-16(25)22-14-7-6-8-15(10-14)31(21,27)28/h6-8,10H,4-5,9,11H2,1-3H3,(H,22,25)(H2,21,27,28). The molecule has 0 atom stereocenters. The number of aromatic nitrogens is 2. The average molecular weight is 481 g/mol. The zero-order chi connectivity index (χ0) is 22.8. The van der Waals surface area contributed by atoms with Crippen LogP contribution in [0.25, 0.3) is 10.2 Å². The fourth-order valence-electron chi connectivity index (χ4n) is 3.01. The molecule has 0 bridgehead atoms. The van der Waals surface area contributed by atoms with E-state index in [0.29, 0.717) is 27.6 Å². The van der Waals surface area contributed by atoms with E-state index in [-0.39, 0.29) is 22.1 Å². The van der Waals surface area contributed by atoms with Gasteiger partial charge in [0, 0.05) is 17.1 Å². The topological polar surface area (TPSA) is 124 Å². The van der Waals surface area contributed by atoms with Gasteiger partial charge in [0.15, 0.2) is 5.16 Å². The molecular weight excluding hydrogens is 456 g/mol. The van der Waals surface area contributed by atoms with Crippen molar-refractivity contribution < 1.29 is 13.2 Å². The van der Waals surface area contributed by atoms with Gasteiger partial charge in [0.05, 0.1) is 16.0 Å². The Hall–Kier alpha value is -2.21. The molecule has 1 amide bonds. The molecule has 3 N–H and O–H groups in total. The maximum Gasteiger partial charge on any atom is 0.263 e. The number of anilines is 1. The molecule has 0 fully saturated rings. The number of nitrogens with zero attached hydrogens (tertiary/aromatic N) is 2. The fraction of sp³-hybridized carbons (Fsp3) is 0.350. The van der Waals surface area contributed by atoms with E-state index in [4.69, 9.17) is 5.14 Å². The highest BCUT2D eigenvalue weighted by molar-refractivity contribution is 7.99. The fourth-order valence-corrected chi connectivity index (χ4v) is 5.47. The van der Waals surface area contributed by atoms with E-state index in [1.54, 1.807) is 10.6 Å². The van der Waals surface area contributed by atoms with Gasteiger partial charge in [-0.2, -0.15) is 0 Å². The zero-order valence-electron chi connectivity index (χ0n) is 17.5. The van der Waals surface area contributed by atoms with E-state index in [9.17, 15) is 18.0 Å². The normalized spacial score (nSPS) is 11.7. The van der Waals surface area contributed by atoms with Crippen molar-refractivity contribution in [3.63, 3.8) is 0 Å². The molecule has 0 spiro atoms. The first-order valence-electron chi connectivity index (χ1n) is 9.68. The summed E-state index contributed by atoms with van der Waals surface area (Å²) in [6.07, 6.45) is 1.76. The lowest BCUT2D eigenvalue weighted by Gasteiger charge is -2.12. The number of nitrogens with two attached hydrogens (primary N) is 1. The van der Waals surface area contributed by atoms with Gasteiger partial charge in [0.2, 0.25) is 15.9 Å². The number of thioether (sulfide) groups is 1. The van der Waals surface area contributed by atoms with Gasteiger partial charge in [0.1, 0.15) is 4.83 Å². The van der Waals surface area contributed by atoms with Crippen molar-refractivity contribution in [1.82, 2.24) is 9.55 Å². The lowest BCUT2D eigenvalue weighted by atomic mass is 10.2. The van der Waals surface area contributed by atoms with Crippen LogP contribution in [0.15, 0.2) is 39.1 Å². The number of primary sulfonamides is 1. The summed E-state index contributed by atoms with van der Waals surface area (Å²) in [7, 11) is -3.86. The first kappa shape index (κ1) is 23.5. The molecule has 1 aromatic carbocycles. The third-order valence-corrected chi connectivity index (χ3v) is 7.76. The summed E-state index contributed by atoms with van der Waals surface area (Å²) in [6, 6.07) is 5.74. The van der Waals surface area contributed by atoms with Crippen molar-refractivity contribution in [1.29, 1.82) is 0 Å². The van der Waals surface area contributed by atoms with Crippen LogP contribution < -0.4 is 16.0 Å². The number of rotatable bonds is 8. The highest BCUT2D eigenvalue weighted by atomic mass is 32.2. The summed E-state index contributed by atoms with van der Waals surface area (Å²) in [5, 5.41) is 8.94. The van der Waals surface area contributed by atoms with Crippen LogP contribution in [0.3, 0.4) is 0 Å². The number of thiophene rings is 1. The summed E-state index contributed by atoms with van der Waals surface area (Å²) in [5.74, 6) is -0.320. The molecule has 0 saturated carbocycles. The SMILES string of the molecule is CCCCn1c(SCC(=O)Nc2cccc(S(N)(=O)=O)c2)nc2sc(C)c(C)c2c1=O. The minimum Gasteiger partial charge on any atom is -0.325 e. The van der Waals surface area contributed by atoms with Gasteiger partial charge in [0.25, 0.3) is 5.56 Å². The molecule has 0 aliphatic heterocycles. The van der Waals surface area contributed by atoms with Crippen LogP contribution in [-0.2, 0) is 21.4 Å². The van der Waals surface area contributed by atoms with Crippen LogP contribution in [0.2, 0.25) is 0 Å². The Bertz CT molecular complexity index is 1300. The van der Waals surface area contributed by atoms with Crippen LogP contribution >= 0.6 is 23.1 Å². The van der Waals surface area contributed by atoms with Crippen molar-refractivity contribution in [2.75, 3.05) is 11.1 Å². The maximum absolute atomic E-state index is 13.1. The molecule has 0 saturated heterocycles. The average Bonchev–Trinajstić information content (AvgIpc) is 2.99. The minimum absolute atomic E-state index is 0.0208. The lowest BCUT2D eigenvalue weighted by Crippen LogP contribution is -2.24. The van der Waals surface area contributed by atoms with Crippen molar-refractivity contribution in [3.8, 4) is 0 Å². The molecule has 11 heteroatoms. The van der Waals surface area contributed by atoms with Crippen molar-refractivity contribution in [3.05, 3.63) is 45.1 Å². The Morgan fingerprint density at radius 1 is 1.32 bits per heavy atom. The second-order valence-corrected chi connectivity index (χ2v) is 10.8. The van der Waals surface area contributed by atoms with E-state index >= 15 is 0 Å². The van der Waals surface area contributed by atoms with E-state index in [2.05, 4.69) is 10.3 Å². The smallest absolute Gasteiger partial charge is 0.263 e. The van der Waals surface area contributed by atoms with Gasteiger partial charge in [-0.15, -0.1) is 11.3 Å². The Balaban J connectivity index is 1.83. The van der Waals surface area contributed by atoms with Crippen LogP contribution in [0.4, 0.5) is 5.69 Å². The highest BCUT2D eigenvalue weighted by Gasteiger charge is 2.18. The molecule has 3 aromatic rings. The maximum atomic E-state index is 13.1. The third-order valence-electron chi connectivity index (χ3n) is 4.77. The Morgan fingerprint density at radius 2 is 2.06 bits per heavy atom. The number of benzene rings is 1. The second kappa shape index (κ2) is 9.51. The monoisotopic (exact) mass is 480 g/mol. The number of sulfonamides is 1. The van der Waals surface area contributed by atoms with Crippen LogP contribution in [0, 0.1) is 13.8 Å². The van der Waals surface area contributed by atoms with Crippen molar-refractivity contribution >= 4 is 54.9 Å². The molecule has 2 aromatic heterocycles. The third kappa shape index (κ3) is 5.35. The predicted octanol–water partition coefficient (Wildman–Crippen LogP) is 3.25. The first-order chi connectivity index (χ1) is 14.6. The molecule has 3 rings (SSSR count). The quantitative estimate of drug-likeness (QED) is 0.377. The predicted molar refractivity (Wildman–Crippen MR) is 125 cm³/mol. The Kier molecular flexibility index (Phi) is 7.20. The molecule has 2 heterocycles. The minimum atomic E-state index is -3.86. The number of aryl methyl sites for hydroxylation is 2. The number of fused-ring (bicyclic) bond motifs is 1. The van der Waals surface area contributed by atoms with Gasteiger partial charge in [-0.3, -0.25) is 14.2 Å². The van der Waals surface area contributed by atoms with Gasteiger partial charge < -0.3 is 5.32 Å². The molecule has 31 heavy (non-hydrogen) atoms. The number of carbonyl (C=O) groups excluding carboxylic acids is 1. The van der Waals surface area contributed by atoms with E-state index in [1.165, 1.54) is 41.3 Å². The molecule has 0 radical (unpaired) electrons. The lowest BCUT2D eigenvalue weighted by molar-refractivity contribution is -0.113. The van der Waals surface area contributed by atoms with E-state index in [0.717, 1.165) is 23.3 Å². The van der Waals surface area contributed by atoms with Gasteiger partial charge >= 0.3 is 0 Å². The molecule has 0 aliphatic rings. The van der Waals surface area contributed by atoms with Gasteiger partial charge in [-0.05, 0) is 44.0 Å². The second-order valence-electron chi connectivity index (χ2n) is 7.08. The molecule has 0 aliphatic carbocycles. The number of amides is 1. The number of carbonyl (C=O) groups is 1. The van der Waals surface area contributed by atoms with Crippen LogP contribution in [-0.4, -0.2) is 29.6 Å². The van der Waals surface area contributed by atoms with Crippen molar-refractivity contribution in [2.45, 2.75) is 50.2 Å². The highest BCUT2D eigenvalue weighted by Crippen LogP contribution is 2.28. The molecule has 8 nitrogen and oxygen atoms in total. The van der Waals surface area contributed by atoms with Gasteiger partial charge in [-0.25, -0.2) is 18.5 Å². The summed E-state index contributed by atoms with van der Waals surface area (Å²) in [6.45, 7) is 6.48. The zero-order valence-corrected chi connectivity index (χ0v) is 19.9. The molecule has 166 valence electrons. The number of unbranched alkanes of at least 4 members (excludes halogenated alkanes) is 1. The van der Waals surface area contributed by atoms with Crippen LogP contribution in [0.1, 0.15) is 30.2 Å². The molecule has 0 unspecified atom stereocenters. The molecular formula is C20H24N4O4S3. The summed E-state index contributed by atoms with van der Waals surface area (Å²) in [5.41, 5.74) is 1.20. The Labute approximate surface area is 188 Å². The van der Waals surface area contributed by atoms with E-state index < -0.39 is 10.0 Å². The summed E-state index contributed by atoms with van der Waals surface area (Å²) in [4.78, 5) is 31.9. The number of nitrogens with one attached hydrogen (secondary N) is 1. The number of hydrogen-bond acceptors (Lipinski definition) is 7. The number of hydrogen-bond donors (Lipinski definition) is 2. The Morgan fingerprint density at radius 3 is 2.74 bits per heavy atom. The largest absolute Gasteiger partial charge is 0.325 e. The van der Waals surface area contributed by atoms with Crippen molar-refractivity contribution in [2.24, 2.45) is 5.14 Å². The summed E-state index contributed by atoms with van der Waals surface area (Å²) < 4.78 is 24.6. The first-order valence-corrected chi connectivity index (χ1v) is 13.0. The van der Waals surface area contributed by atoms with Crippen LogP contribution in [0.5, 0.6) is 0 Å².